The van der Waals surface area contributed by atoms with Crippen LogP contribution in [0.3, 0.4) is 0 Å². The standard InChI is InChI=1S/C15H18N4O2S/c20-12-3-1-2-10(6-12)14(21)18-7-11-9-22-15(19-11)13-8-16-4-5-17-13/h4-5,8-10,12,20H,1-3,6-7H2,(H,18,21)/t10-,12+/m1/s1. The molecule has 2 N–H and O–H groups in total. The van der Waals surface area contributed by atoms with Gasteiger partial charge >= 0.3 is 0 Å². The van der Waals surface area contributed by atoms with Gasteiger partial charge in [0.1, 0.15) is 10.7 Å². The summed E-state index contributed by atoms with van der Waals surface area (Å²) in [5.41, 5.74) is 1.55. The molecule has 2 aromatic heterocycles. The molecule has 3 rings (SSSR count). The Morgan fingerprint density at radius 2 is 2.32 bits per heavy atom. The van der Waals surface area contributed by atoms with Crippen molar-refractivity contribution in [2.45, 2.75) is 38.3 Å². The summed E-state index contributed by atoms with van der Waals surface area (Å²) in [4.78, 5) is 24.8. The molecule has 0 aliphatic heterocycles. The Hall–Kier alpha value is -1.86. The largest absolute Gasteiger partial charge is 0.393 e. The molecule has 7 heteroatoms. The van der Waals surface area contributed by atoms with Crippen molar-refractivity contribution in [2.24, 2.45) is 5.92 Å². The Morgan fingerprint density at radius 1 is 1.41 bits per heavy atom. The smallest absolute Gasteiger partial charge is 0.223 e. The van der Waals surface area contributed by atoms with E-state index in [1.165, 1.54) is 11.3 Å². The molecule has 0 unspecified atom stereocenters. The zero-order valence-electron chi connectivity index (χ0n) is 12.1. The van der Waals surface area contributed by atoms with Gasteiger partial charge in [0.05, 0.1) is 24.5 Å². The fraction of sp³-hybridized carbons (Fsp3) is 0.467. The number of hydrogen-bond donors (Lipinski definition) is 2. The summed E-state index contributed by atoms with van der Waals surface area (Å²) >= 11 is 1.49. The van der Waals surface area contributed by atoms with Crippen molar-refractivity contribution >= 4 is 17.2 Å². The SMILES string of the molecule is O=C(NCc1csc(-c2cnccn2)n1)[C@@H]1CCC[C@H](O)C1. The molecule has 2 heterocycles. The van der Waals surface area contributed by atoms with E-state index in [9.17, 15) is 9.90 Å². The molecule has 2 aromatic rings. The first kappa shape index (κ1) is 15.1. The fourth-order valence-electron chi connectivity index (χ4n) is 2.64. The van der Waals surface area contributed by atoms with E-state index < -0.39 is 0 Å². The quantitative estimate of drug-likeness (QED) is 0.897. The first-order chi connectivity index (χ1) is 10.7. The number of thiazole rings is 1. The highest BCUT2D eigenvalue weighted by Crippen LogP contribution is 2.25. The van der Waals surface area contributed by atoms with Gasteiger partial charge in [-0.05, 0) is 19.3 Å². The predicted molar refractivity (Wildman–Crippen MR) is 83.0 cm³/mol. The summed E-state index contributed by atoms with van der Waals surface area (Å²) < 4.78 is 0. The van der Waals surface area contributed by atoms with Crippen LogP contribution in [0, 0.1) is 5.92 Å². The molecule has 1 aliphatic carbocycles. The van der Waals surface area contributed by atoms with Crippen LogP contribution in [-0.4, -0.2) is 32.1 Å². The summed E-state index contributed by atoms with van der Waals surface area (Å²) in [6.45, 7) is 0.405. The first-order valence-corrected chi connectivity index (χ1v) is 8.27. The number of aromatic nitrogens is 3. The summed E-state index contributed by atoms with van der Waals surface area (Å²) in [6, 6.07) is 0. The maximum Gasteiger partial charge on any atom is 0.223 e. The van der Waals surface area contributed by atoms with Crippen LogP contribution in [0.1, 0.15) is 31.4 Å². The Kier molecular flexibility index (Phi) is 4.74. The number of nitrogens with zero attached hydrogens (tertiary/aromatic N) is 3. The molecule has 1 fully saturated rings. The molecule has 0 saturated heterocycles. The molecule has 6 nitrogen and oxygen atoms in total. The van der Waals surface area contributed by atoms with Gasteiger partial charge in [0.15, 0.2) is 0 Å². The van der Waals surface area contributed by atoms with E-state index in [0.717, 1.165) is 35.7 Å². The molecule has 1 saturated carbocycles. The molecule has 116 valence electrons. The number of hydrogen-bond acceptors (Lipinski definition) is 6. The molecule has 2 atom stereocenters. The van der Waals surface area contributed by atoms with Gasteiger partial charge in [-0.2, -0.15) is 0 Å². The molecular formula is C15H18N4O2S. The summed E-state index contributed by atoms with van der Waals surface area (Å²) in [7, 11) is 0. The number of rotatable bonds is 4. The third kappa shape index (κ3) is 3.66. The Labute approximate surface area is 132 Å². The predicted octanol–water partition coefficient (Wildman–Crippen LogP) is 1.77. The van der Waals surface area contributed by atoms with E-state index in [0.29, 0.717) is 13.0 Å². The summed E-state index contributed by atoms with van der Waals surface area (Å²) in [6.07, 6.45) is 7.71. The van der Waals surface area contributed by atoms with Crippen molar-refractivity contribution < 1.29 is 9.90 Å². The highest BCUT2D eigenvalue weighted by atomic mass is 32.1. The van der Waals surface area contributed by atoms with Gasteiger partial charge in [0.2, 0.25) is 5.91 Å². The molecule has 22 heavy (non-hydrogen) atoms. The molecule has 1 amide bonds. The van der Waals surface area contributed by atoms with E-state index in [-0.39, 0.29) is 17.9 Å². The monoisotopic (exact) mass is 318 g/mol. The molecule has 0 spiro atoms. The van der Waals surface area contributed by atoms with Crippen LogP contribution in [0.15, 0.2) is 24.0 Å². The van der Waals surface area contributed by atoms with Crippen LogP contribution >= 0.6 is 11.3 Å². The van der Waals surface area contributed by atoms with Gasteiger partial charge in [0, 0.05) is 23.7 Å². The van der Waals surface area contributed by atoms with Crippen LogP contribution < -0.4 is 5.32 Å². The van der Waals surface area contributed by atoms with Crippen LogP contribution in [-0.2, 0) is 11.3 Å². The van der Waals surface area contributed by atoms with E-state index in [1.54, 1.807) is 18.6 Å². The molecular weight excluding hydrogens is 300 g/mol. The number of amides is 1. The number of nitrogens with one attached hydrogen (secondary N) is 1. The van der Waals surface area contributed by atoms with Gasteiger partial charge in [-0.1, -0.05) is 6.42 Å². The van der Waals surface area contributed by atoms with Crippen LogP contribution in [0.5, 0.6) is 0 Å². The van der Waals surface area contributed by atoms with Gasteiger partial charge < -0.3 is 10.4 Å². The van der Waals surface area contributed by atoms with Crippen molar-refractivity contribution in [3.05, 3.63) is 29.7 Å². The molecule has 0 radical (unpaired) electrons. The second-order valence-corrected chi connectivity index (χ2v) is 6.33. The third-order valence-electron chi connectivity index (χ3n) is 3.80. The molecule has 0 bridgehead atoms. The topological polar surface area (TPSA) is 88.0 Å². The lowest BCUT2D eigenvalue weighted by Crippen LogP contribution is -2.34. The van der Waals surface area contributed by atoms with Crippen molar-refractivity contribution in [1.29, 1.82) is 0 Å². The highest BCUT2D eigenvalue weighted by Gasteiger charge is 2.25. The van der Waals surface area contributed by atoms with Crippen LogP contribution in [0.4, 0.5) is 0 Å². The van der Waals surface area contributed by atoms with E-state index in [4.69, 9.17) is 0 Å². The zero-order valence-corrected chi connectivity index (χ0v) is 12.9. The lowest BCUT2D eigenvalue weighted by Gasteiger charge is -2.24. The van der Waals surface area contributed by atoms with E-state index in [2.05, 4.69) is 20.3 Å². The molecule has 1 aliphatic rings. The lowest BCUT2D eigenvalue weighted by molar-refractivity contribution is -0.127. The van der Waals surface area contributed by atoms with E-state index in [1.807, 2.05) is 5.38 Å². The number of carbonyl (C=O) groups excluding carboxylic acids is 1. The average Bonchev–Trinajstić information content (AvgIpc) is 3.02. The Morgan fingerprint density at radius 3 is 3.09 bits per heavy atom. The van der Waals surface area contributed by atoms with Gasteiger partial charge in [-0.15, -0.1) is 11.3 Å². The number of aliphatic hydroxyl groups is 1. The Bertz CT molecular complexity index is 631. The van der Waals surface area contributed by atoms with Crippen LogP contribution in [0.25, 0.3) is 10.7 Å². The van der Waals surface area contributed by atoms with Gasteiger partial charge in [-0.3, -0.25) is 14.8 Å². The second kappa shape index (κ2) is 6.93. The first-order valence-electron chi connectivity index (χ1n) is 7.39. The normalized spacial score (nSPS) is 21.5. The summed E-state index contributed by atoms with van der Waals surface area (Å²) in [5.74, 6) is -0.0744. The number of carbonyl (C=O) groups is 1. The highest BCUT2D eigenvalue weighted by molar-refractivity contribution is 7.13. The maximum absolute atomic E-state index is 12.1. The van der Waals surface area contributed by atoms with Crippen molar-refractivity contribution in [3.63, 3.8) is 0 Å². The minimum Gasteiger partial charge on any atom is -0.393 e. The number of aliphatic hydroxyl groups excluding tert-OH is 1. The van der Waals surface area contributed by atoms with Crippen molar-refractivity contribution in [3.8, 4) is 10.7 Å². The second-order valence-electron chi connectivity index (χ2n) is 5.47. The zero-order chi connectivity index (χ0) is 15.4. The minimum atomic E-state index is -0.341. The fourth-order valence-corrected chi connectivity index (χ4v) is 3.42. The van der Waals surface area contributed by atoms with Crippen LogP contribution in [0.2, 0.25) is 0 Å². The van der Waals surface area contributed by atoms with Gasteiger partial charge in [0.25, 0.3) is 0 Å². The minimum absolute atomic E-state index is 0.00722. The van der Waals surface area contributed by atoms with Gasteiger partial charge in [-0.25, -0.2) is 4.98 Å². The average molecular weight is 318 g/mol. The Balaban J connectivity index is 1.56. The summed E-state index contributed by atoms with van der Waals surface area (Å²) in [5, 5.41) is 15.3. The van der Waals surface area contributed by atoms with Crippen molar-refractivity contribution in [2.75, 3.05) is 0 Å². The maximum atomic E-state index is 12.1. The third-order valence-corrected chi connectivity index (χ3v) is 4.71. The lowest BCUT2D eigenvalue weighted by atomic mass is 9.87. The van der Waals surface area contributed by atoms with E-state index >= 15 is 0 Å². The van der Waals surface area contributed by atoms with Crippen molar-refractivity contribution in [1.82, 2.24) is 20.3 Å². The molecule has 0 aromatic carbocycles.